The van der Waals surface area contributed by atoms with Crippen molar-refractivity contribution < 1.29 is 4.79 Å². The van der Waals surface area contributed by atoms with E-state index in [1.807, 2.05) is 30.4 Å². The minimum absolute atomic E-state index is 0.0294. The van der Waals surface area contributed by atoms with Crippen LogP contribution >= 0.6 is 22.7 Å². The third kappa shape index (κ3) is 4.41. The van der Waals surface area contributed by atoms with Crippen LogP contribution in [0.3, 0.4) is 0 Å². The fourth-order valence-electron chi connectivity index (χ4n) is 1.76. The number of nitrogens with zero attached hydrogens (tertiary/aromatic N) is 2. The molecule has 1 atom stereocenters. The maximum absolute atomic E-state index is 11.9. The molecule has 4 nitrogen and oxygen atoms in total. The summed E-state index contributed by atoms with van der Waals surface area (Å²) in [5.74, 6) is 0.0294. The zero-order valence-corrected chi connectivity index (χ0v) is 12.6. The molecule has 102 valence electrons. The molecule has 0 bridgehead atoms. The predicted molar refractivity (Wildman–Crippen MR) is 79.6 cm³/mol. The monoisotopic (exact) mass is 295 g/mol. The maximum Gasteiger partial charge on any atom is 0.234 e. The molecule has 0 saturated heterocycles. The van der Waals surface area contributed by atoms with Gasteiger partial charge in [-0.25, -0.2) is 4.98 Å². The van der Waals surface area contributed by atoms with E-state index in [0.717, 1.165) is 11.4 Å². The van der Waals surface area contributed by atoms with Gasteiger partial charge in [-0.1, -0.05) is 6.07 Å². The zero-order valence-electron chi connectivity index (χ0n) is 11.0. The van der Waals surface area contributed by atoms with Crippen LogP contribution in [0.2, 0.25) is 0 Å². The van der Waals surface area contributed by atoms with Crippen molar-refractivity contribution in [1.29, 1.82) is 0 Å². The average molecular weight is 295 g/mol. The Balaban J connectivity index is 2.04. The molecule has 0 fully saturated rings. The number of likely N-dealkylation sites (N-methyl/N-ethyl adjacent to an activating group) is 1. The number of hydrogen-bond donors (Lipinski definition) is 1. The van der Waals surface area contributed by atoms with Crippen LogP contribution < -0.4 is 5.32 Å². The van der Waals surface area contributed by atoms with Crippen LogP contribution in [0.25, 0.3) is 0 Å². The van der Waals surface area contributed by atoms with Gasteiger partial charge in [0.15, 0.2) is 0 Å². The van der Waals surface area contributed by atoms with E-state index >= 15 is 0 Å². The lowest BCUT2D eigenvalue weighted by Gasteiger charge is -2.17. The molecule has 19 heavy (non-hydrogen) atoms. The van der Waals surface area contributed by atoms with Crippen LogP contribution in [-0.4, -0.2) is 36.4 Å². The van der Waals surface area contributed by atoms with Crippen molar-refractivity contribution >= 4 is 28.6 Å². The molecule has 1 amide bonds. The Morgan fingerprint density at radius 2 is 2.26 bits per heavy atom. The van der Waals surface area contributed by atoms with Crippen molar-refractivity contribution in [2.45, 2.75) is 12.5 Å². The predicted octanol–water partition coefficient (Wildman–Crippen LogP) is 2.17. The Bertz CT molecular complexity index is 494. The lowest BCUT2D eigenvalue weighted by atomic mass is 10.2. The molecule has 0 aliphatic heterocycles. The first kappa shape index (κ1) is 14.2. The summed E-state index contributed by atoms with van der Waals surface area (Å²) in [6, 6.07) is 4.08. The lowest BCUT2D eigenvalue weighted by Crippen LogP contribution is -2.36. The Labute approximate surface area is 121 Å². The zero-order chi connectivity index (χ0) is 13.7. The summed E-state index contributed by atoms with van der Waals surface area (Å²) >= 11 is 3.28. The molecule has 0 radical (unpaired) electrons. The largest absolute Gasteiger partial charge is 0.345 e. The number of carbonyl (C=O) groups is 1. The van der Waals surface area contributed by atoms with Crippen molar-refractivity contribution in [3.05, 3.63) is 39.0 Å². The van der Waals surface area contributed by atoms with Gasteiger partial charge in [0.05, 0.1) is 12.6 Å². The average Bonchev–Trinajstić information content (AvgIpc) is 2.99. The second kappa shape index (κ2) is 6.79. The molecule has 6 heteroatoms. The third-order valence-corrected chi connectivity index (χ3v) is 4.32. The quantitative estimate of drug-likeness (QED) is 0.888. The molecule has 2 aromatic heterocycles. The lowest BCUT2D eigenvalue weighted by molar-refractivity contribution is -0.122. The molecule has 0 spiro atoms. The van der Waals surface area contributed by atoms with Gasteiger partial charge >= 0.3 is 0 Å². The van der Waals surface area contributed by atoms with Gasteiger partial charge in [0, 0.05) is 22.9 Å². The van der Waals surface area contributed by atoms with Crippen molar-refractivity contribution in [1.82, 2.24) is 15.2 Å². The van der Waals surface area contributed by atoms with E-state index in [4.69, 9.17) is 0 Å². The number of thiazole rings is 1. The van der Waals surface area contributed by atoms with Gasteiger partial charge in [-0.2, -0.15) is 0 Å². The Hall–Kier alpha value is -1.24. The molecular weight excluding hydrogens is 278 g/mol. The summed E-state index contributed by atoms with van der Waals surface area (Å²) in [5, 5.41) is 8.01. The molecule has 0 aromatic carbocycles. The van der Waals surface area contributed by atoms with E-state index in [2.05, 4.69) is 21.7 Å². The topological polar surface area (TPSA) is 45.2 Å². The molecule has 2 aromatic rings. The molecule has 1 N–H and O–H groups in total. The fourth-order valence-corrected chi connectivity index (χ4v) is 3.21. The molecule has 2 rings (SSSR count). The summed E-state index contributed by atoms with van der Waals surface area (Å²) in [7, 11) is 3.77. The number of amides is 1. The molecule has 0 saturated carbocycles. The minimum atomic E-state index is -0.0360. The van der Waals surface area contributed by atoms with Crippen LogP contribution in [-0.2, 0) is 11.2 Å². The van der Waals surface area contributed by atoms with Crippen LogP contribution in [0.4, 0.5) is 0 Å². The first-order valence-corrected chi connectivity index (χ1v) is 7.77. The van der Waals surface area contributed by atoms with Gasteiger partial charge in [-0.15, -0.1) is 22.7 Å². The summed E-state index contributed by atoms with van der Waals surface area (Å²) < 4.78 is 0. The van der Waals surface area contributed by atoms with Gasteiger partial charge in [0.1, 0.15) is 5.01 Å². The Morgan fingerprint density at radius 3 is 2.84 bits per heavy atom. The van der Waals surface area contributed by atoms with Crippen molar-refractivity contribution in [2.75, 3.05) is 20.6 Å². The van der Waals surface area contributed by atoms with Gasteiger partial charge in [0.25, 0.3) is 0 Å². The van der Waals surface area contributed by atoms with E-state index in [0.29, 0.717) is 6.54 Å². The molecule has 0 aliphatic carbocycles. The summed E-state index contributed by atoms with van der Waals surface area (Å²) in [5.41, 5.74) is 0. The highest BCUT2D eigenvalue weighted by molar-refractivity contribution is 7.10. The molecular formula is C13H17N3OS2. The second-order valence-electron chi connectivity index (χ2n) is 4.51. The maximum atomic E-state index is 11.9. The molecule has 2 heterocycles. The van der Waals surface area contributed by atoms with E-state index in [1.54, 1.807) is 28.9 Å². The standard InChI is InChI=1S/C13H17N3OS2/c1-16(2)9-12(17)15-11(13-14-5-7-19-13)8-10-4-3-6-18-10/h3-7,11H,8-9H2,1-2H3,(H,15,17). The van der Waals surface area contributed by atoms with E-state index in [9.17, 15) is 4.79 Å². The van der Waals surface area contributed by atoms with E-state index < -0.39 is 0 Å². The van der Waals surface area contributed by atoms with Crippen LogP contribution in [0, 0.1) is 0 Å². The molecule has 0 aliphatic rings. The van der Waals surface area contributed by atoms with E-state index in [-0.39, 0.29) is 11.9 Å². The van der Waals surface area contributed by atoms with Crippen LogP contribution in [0.5, 0.6) is 0 Å². The highest BCUT2D eigenvalue weighted by atomic mass is 32.1. The first-order chi connectivity index (χ1) is 9.15. The highest BCUT2D eigenvalue weighted by Gasteiger charge is 2.18. The minimum Gasteiger partial charge on any atom is -0.345 e. The normalized spacial score (nSPS) is 12.6. The SMILES string of the molecule is CN(C)CC(=O)NC(Cc1cccs1)c1nccs1. The third-order valence-electron chi connectivity index (χ3n) is 2.53. The Kier molecular flexibility index (Phi) is 5.07. The number of rotatable bonds is 6. The summed E-state index contributed by atoms with van der Waals surface area (Å²) in [6.07, 6.45) is 2.57. The van der Waals surface area contributed by atoms with Crippen LogP contribution in [0.1, 0.15) is 15.9 Å². The van der Waals surface area contributed by atoms with Gasteiger partial charge in [-0.3, -0.25) is 4.79 Å². The first-order valence-electron chi connectivity index (χ1n) is 6.01. The van der Waals surface area contributed by atoms with Crippen molar-refractivity contribution in [3.63, 3.8) is 0 Å². The van der Waals surface area contributed by atoms with Crippen molar-refractivity contribution in [3.8, 4) is 0 Å². The smallest absolute Gasteiger partial charge is 0.234 e. The van der Waals surface area contributed by atoms with E-state index in [1.165, 1.54) is 4.88 Å². The fraction of sp³-hybridized carbons (Fsp3) is 0.385. The van der Waals surface area contributed by atoms with Gasteiger partial charge in [-0.05, 0) is 25.5 Å². The van der Waals surface area contributed by atoms with Gasteiger partial charge in [0.2, 0.25) is 5.91 Å². The summed E-state index contributed by atoms with van der Waals surface area (Å²) in [4.78, 5) is 19.4. The highest BCUT2D eigenvalue weighted by Crippen LogP contribution is 2.22. The van der Waals surface area contributed by atoms with Gasteiger partial charge < -0.3 is 10.2 Å². The van der Waals surface area contributed by atoms with Crippen LogP contribution in [0.15, 0.2) is 29.1 Å². The number of hydrogen-bond acceptors (Lipinski definition) is 5. The second-order valence-corrected chi connectivity index (χ2v) is 6.47. The van der Waals surface area contributed by atoms with Crippen molar-refractivity contribution in [2.24, 2.45) is 0 Å². The number of aromatic nitrogens is 1. The molecule has 1 unspecified atom stereocenters. The summed E-state index contributed by atoms with van der Waals surface area (Å²) in [6.45, 7) is 0.395. The Morgan fingerprint density at radius 1 is 1.42 bits per heavy atom. The number of thiophene rings is 1. The number of carbonyl (C=O) groups excluding carboxylic acids is 1. The number of nitrogens with one attached hydrogen (secondary N) is 1.